The van der Waals surface area contributed by atoms with E-state index in [-0.39, 0.29) is 0 Å². The SMILES string of the molecule is Cc1ccc2c(oc3oc4ccccc4c32)c1-c1cc(-c2ccccc2)nc[n+]1C. The minimum Gasteiger partial charge on any atom is -0.425 e. The fourth-order valence-corrected chi connectivity index (χ4v) is 4.24. The Morgan fingerprint density at radius 2 is 1.63 bits per heavy atom. The van der Waals surface area contributed by atoms with Gasteiger partial charge in [0.1, 0.15) is 11.3 Å². The molecular formula is C26H19N2O2+. The van der Waals surface area contributed by atoms with E-state index in [1.165, 1.54) is 0 Å². The second kappa shape index (κ2) is 6.29. The maximum absolute atomic E-state index is 6.30. The molecule has 0 saturated heterocycles. The Labute approximate surface area is 173 Å². The predicted molar refractivity (Wildman–Crippen MR) is 118 cm³/mol. The highest BCUT2D eigenvalue weighted by atomic mass is 16.5. The molecule has 0 unspecified atom stereocenters. The number of para-hydroxylation sites is 1. The molecule has 3 aromatic carbocycles. The van der Waals surface area contributed by atoms with Gasteiger partial charge < -0.3 is 8.83 Å². The molecule has 0 bridgehead atoms. The highest BCUT2D eigenvalue weighted by Gasteiger charge is 2.23. The Kier molecular flexibility index (Phi) is 3.56. The van der Waals surface area contributed by atoms with Crippen molar-refractivity contribution in [2.24, 2.45) is 7.05 Å². The largest absolute Gasteiger partial charge is 0.425 e. The molecule has 30 heavy (non-hydrogen) atoms. The number of nitrogens with zero attached hydrogens (tertiary/aromatic N) is 2. The van der Waals surface area contributed by atoms with Crippen LogP contribution in [0.15, 0.2) is 88.0 Å². The molecule has 0 spiro atoms. The van der Waals surface area contributed by atoms with Crippen LogP contribution in [0.1, 0.15) is 5.56 Å². The van der Waals surface area contributed by atoms with Crippen molar-refractivity contribution in [3.8, 4) is 22.5 Å². The van der Waals surface area contributed by atoms with Crippen molar-refractivity contribution in [2.45, 2.75) is 6.92 Å². The van der Waals surface area contributed by atoms with Gasteiger partial charge in [-0.2, -0.15) is 0 Å². The van der Waals surface area contributed by atoms with Gasteiger partial charge in [-0.25, -0.2) is 4.57 Å². The van der Waals surface area contributed by atoms with Crippen LogP contribution in [0.2, 0.25) is 0 Å². The van der Waals surface area contributed by atoms with E-state index in [4.69, 9.17) is 8.83 Å². The maximum atomic E-state index is 6.30. The van der Waals surface area contributed by atoms with Crippen LogP contribution in [-0.4, -0.2) is 4.98 Å². The molecule has 0 N–H and O–H groups in total. The molecule has 0 aliphatic rings. The average Bonchev–Trinajstić information content (AvgIpc) is 3.31. The quantitative estimate of drug-likeness (QED) is 0.330. The van der Waals surface area contributed by atoms with Gasteiger partial charge in [0.2, 0.25) is 0 Å². The van der Waals surface area contributed by atoms with Crippen molar-refractivity contribution in [2.75, 3.05) is 0 Å². The summed E-state index contributed by atoms with van der Waals surface area (Å²) in [6.45, 7) is 2.11. The third-order valence-corrected chi connectivity index (χ3v) is 5.74. The number of benzene rings is 3. The molecule has 0 saturated carbocycles. The van der Waals surface area contributed by atoms with Crippen LogP contribution < -0.4 is 4.57 Å². The van der Waals surface area contributed by atoms with Crippen LogP contribution in [0.4, 0.5) is 0 Å². The first kappa shape index (κ1) is 17.0. The molecule has 0 atom stereocenters. The fraction of sp³-hybridized carbons (Fsp3) is 0.0769. The summed E-state index contributed by atoms with van der Waals surface area (Å²) in [7, 11) is 2.01. The van der Waals surface area contributed by atoms with Gasteiger partial charge in [0.25, 0.3) is 12.1 Å². The second-order valence-corrected chi connectivity index (χ2v) is 7.63. The Hall–Kier alpha value is -3.92. The van der Waals surface area contributed by atoms with Crippen molar-refractivity contribution >= 4 is 33.1 Å². The molecule has 0 fully saturated rings. The number of hydrogen-bond acceptors (Lipinski definition) is 3. The molecule has 6 aromatic rings. The Bertz CT molecular complexity index is 1560. The van der Waals surface area contributed by atoms with E-state index < -0.39 is 0 Å². The van der Waals surface area contributed by atoms with E-state index in [2.05, 4.69) is 48.3 Å². The van der Waals surface area contributed by atoms with E-state index in [9.17, 15) is 0 Å². The monoisotopic (exact) mass is 391 g/mol. The number of aromatic nitrogens is 2. The summed E-state index contributed by atoms with van der Waals surface area (Å²) in [6.07, 6.45) is 1.86. The summed E-state index contributed by atoms with van der Waals surface area (Å²) in [5.74, 6) is 0.568. The molecule has 0 amide bonds. The first-order valence-corrected chi connectivity index (χ1v) is 9.95. The summed E-state index contributed by atoms with van der Waals surface area (Å²) in [4.78, 5) is 4.63. The number of aryl methyl sites for hydroxylation is 2. The number of rotatable bonds is 2. The van der Waals surface area contributed by atoms with Crippen LogP contribution in [0.5, 0.6) is 0 Å². The van der Waals surface area contributed by atoms with Crippen molar-refractivity contribution in [1.82, 2.24) is 4.98 Å². The van der Waals surface area contributed by atoms with E-state index in [1.807, 2.05) is 54.3 Å². The van der Waals surface area contributed by atoms with E-state index in [0.717, 1.165) is 55.4 Å². The summed E-state index contributed by atoms with van der Waals surface area (Å²) < 4.78 is 14.3. The predicted octanol–water partition coefficient (Wildman–Crippen LogP) is 6.19. The van der Waals surface area contributed by atoms with Crippen LogP contribution in [0, 0.1) is 6.92 Å². The molecule has 0 radical (unpaired) electrons. The van der Waals surface area contributed by atoms with Crippen molar-refractivity contribution in [1.29, 1.82) is 0 Å². The van der Waals surface area contributed by atoms with E-state index in [1.54, 1.807) is 0 Å². The van der Waals surface area contributed by atoms with Crippen molar-refractivity contribution in [3.63, 3.8) is 0 Å². The zero-order valence-corrected chi connectivity index (χ0v) is 16.7. The Balaban J connectivity index is 1.67. The fourth-order valence-electron chi connectivity index (χ4n) is 4.24. The van der Waals surface area contributed by atoms with Gasteiger partial charge in [-0.3, -0.25) is 0 Å². The van der Waals surface area contributed by atoms with E-state index in [0.29, 0.717) is 5.78 Å². The van der Waals surface area contributed by atoms with Crippen molar-refractivity contribution < 1.29 is 13.4 Å². The van der Waals surface area contributed by atoms with Gasteiger partial charge >= 0.3 is 0 Å². The lowest BCUT2D eigenvalue weighted by Gasteiger charge is -2.08. The molecule has 3 aromatic heterocycles. The lowest BCUT2D eigenvalue weighted by atomic mass is 9.99. The summed E-state index contributed by atoms with van der Waals surface area (Å²) in [5.41, 5.74) is 6.96. The van der Waals surface area contributed by atoms with Gasteiger partial charge in [-0.1, -0.05) is 60.7 Å². The first-order chi connectivity index (χ1) is 14.7. The molecule has 3 heterocycles. The normalized spacial score (nSPS) is 11.7. The lowest BCUT2D eigenvalue weighted by molar-refractivity contribution is -0.663. The number of fused-ring (bicyclic) bond motifs is 5. The minimum absolute atomic E-state index is 0.568. The second-order valence-electron chi connectivity index (χ2n) is 7.63. The highest BCUT2D eigenvalue weighted by molar-refractivity contribution is 6.19. The van der Waals surface area contributed by atoms with Gasteiger partial charge in [-0.15, -0.1) is 0 Å². The van der Waals surface area contributed by atoms with Crippen LogP contribution in [0.25, 0.3) is 55.6 Å². The van der Waals surface area contributed by atoms with Gasteiger partial charge in [0, 0.05) is 22.4 Å². The van der Waals surface area contributed by atoms with Crippen molar-refractivity contribution in [3.05, 3.63) is 84.7 Å². The lowest BCUT2D eigenvalue weighted by Crippen LogP contribution is -2.31. The van der Waals surface area contributed by atoms with Crippen LogP contribution in [0.3, 0.4) is 0 Å². The minimum atomic E-state index is 0.568. The van der Waals surface area contributed by atoms with Crippen LogP contribution >= 0.6 is 0 Å². The standard InChI is InChI=1S/C26H19N2O2/c1-16-12-13-19-24-18-10-6-7-11-22(18)29-26(24)30-25(19)23(16)21-14-20(27-15-28(21)2)17-8-4-3-5-9-17/h3-15H,1-2H3/q+1. The topological polar surface area (TPSA) is 43.1 Å². The summed E-state index contributed by atoms with van der Waals surface area (Å²) in [5, 5.41) is 3.17. The third kappa shape index (κ3) is 2.40. The molecule has 0 aliphatic carbocycles. The average molecular weight is 391 g/mol. The molecule has 144 valence electrons. The van der Waals surface area contributed by atoms with Gasteiger partial charge in [-0.05, 0) is 23.5 Å². The Morgan fingerprint density at radius 3 is 2.50 bits per heavy atom. The molecule has 6 rings (SSSR count). The van der Waals surface area contributed by atoms with Crippen LogP contribution in [-0.2, 0) is 7.05 Å². The number of furan rings is 2. The smallest absolute Gasteiger partial charge is 0.299 e. The zero-order valence-electron chi connectivity index (χ0n) is 16.7. The third-order valence-electron chi connectivity index (χ3n) is 5.74. The number of hydrogen-bond donors (Lipinski definition) is 0. The van der Waals surface area contributed by atoms with E-state index >= 15 is 0 Å². The molecule has 4 nitrogen and oxygen atoms in total. The van der Waals surface area contributed by atoms with Gasteiger partial charge in [0.05, 0.1) is 18.0 Å². The summed E-state index contributed by atoms with van der Waals surface area (Å²) in [6, 6.07) is 24.7. The first-order valence-electron chi connectivity index (χ1n) is 9.95. The Morgan fingerprint density at radius 1 is 0.833 bits per heavy atom. The summed E-state index contributed by atoms with van der Waals surface area (Å²) >= 11 is 0. The highest BCUT2D eigenvalue weighted by Crippen LogP contribution is 2.41. The molecular weight excluding hydrogens is 372 g/mol. The molecule has 0 aliphatic heterocycles. The zero-order chi connectivity index (χ0) is 20.2. The molecule has 4 heteroatoms. The van der Waals surface area contributed by atoms with Gasteiger partial charge in [0.15, 0.2) is 11.3 Å². The maximum Gasteiger partial charge on any atom is 0.299 e.